The van der Waals surface area contributed by atoms with Crippen molar-refractivity contribution in [2.75, 3.05) is 0 Å². The zero-order valence-electron chi connectivity index (χ0n) is 9.10. The molecule has 1 nitrogen and oxygen atoms in total. The van der Waals surface area contributed by atoms with E-state index in [0.717, 1.165) is 5.75 Å². The fraction of sp³-hybridized carbons (Fsp3) is 0.143. The Morgan fingerprint density at radius 2 is 1.44 bits per heavy atom. The minimum atomic E-state index is 0.617. The monoisotopic (exact) mass is 229 g/mol. The zero-order valence-corrected chi connectivity index (χ0v) is 9.91. The van der Waals surface area contributed by atoms with Gasteiger partial charge in [-0.2, -0.15) is 0 Å². The highest BCUT2D eigenvalue weighted by Crippen LogP contribution is 2.23. The van der Waals surface area contributed by atoms with Gasteiger partial charge in [0.1, 0.15) is 0 Å². The van der Waals surface area contributed by atoms with Crippen molar-refractivity contribution in [3.05, 3.63) is 65.7 Å². The Balaban J connectivity index is 2.05. The molecule has 82 valence electrons. The predicted molar refractivity (Wildman–Crippen MR) is 70.3 cm³/mol. The van der Waals surface area contributed by atoms with Crippen molar-refractivity contribution < 1.29 is 0 Å². The summed E-state index contributed by atoms with van der Waals surface area (Å²) in [6.45, 7) is 0.617. The summed E-state index contributed by atoms with van der Waals surface area (Å²) in [4.78, 5) is 1.30. The lowest BCUT2D eigenvalue weighted by molar-refractivity contribution is 1.04. The van der Waals surface area contributed by atoms with Crippen LogP contribution in [0.1, 0.15) is 11.1 Å². The Kier molecular flexibility index (Phi) is 4.03. The van der Waals surface area contributed by atoms with Crippen LogP contribution in [-0.4, -0.2) is 0 Å². The van der Waals surface area contributed by atoms with Crippen LogP contribution in [0, 0.1) is 0 Å². The van der Waals surface area contributed by atoms with Crippen LogP contribution in [0.15, 0.2) is 59.5 Å². The summed E-state index contributed by atoms with van der Waals surface area (Å²) in [6.07, 6.45) is 0. The normalized spacial score (nSPS) is 10.3. The standard InChI is InChI=1S/C14H15NS/c15-10-12-6-4-5-7-13(12)11-16-14-8-2-1-3-9-14/h1-9H,10-11,15H2. The molecule has 16 heavy (non-hydrogen) atoms. The van der Waals surface area contributed by atoms with Gasteiger partial charge in [-0.05, 0) is 23.3 Å². The molecule has 0 fully saturated rings. The molecule has 0 radical (unpaired) electrons. The van der Waals surface area contributed by atoms with Crippen LogP contribution in [0.25, 0.3) is 0 Å². The fourth-order valence-corrected chi connectivity index (χ4v) is 2.53. The van der Waals surface area contributed by atoms with Gasteiger partial charge in [-0.1, -0.05) is 42.5 Å². The second-order valence-electron chi connectivity index (χ2n) is 3.57. The van der Waals surface area contributed by atoms with Gasteiger partial charge in [-0.3, -0.25) is 0 Å². The van der Waals surface area contributed by atoms with Gasteiger partial charge < -0.3 is 5.73 Å². The van der Waals surface area contributed by atoms with E-state index in [2.05, 4.69) is 42.5 Å². The third-order valence-electron chi connectivity index (χ3n) is 2.48. The summed E-state index contributed by atoms with van der Waals surface area (Å²) in [7, 11) is 0. The molecular weight excluding hydrogens is 214 g/mol. The van der Waals surface area contributed by atoms with Crippen LogP contribution in [-0.2, 0) is 12.3 Å². The molecule has 0 heterocycles. The van der Waals surface area contributed by atoms with Crippen molar-refractivity contribution in [2.24, 2.45) is 5.73 Å². The van der Waals surface area contributed by atoms with Gasteiger partial charge in [-0.25, -0.2) is 0 Å². The van der Waals surface area contributed by atoms with E-state index in [0.29, 0.717) is 6.54 Å². The van der Waals surface area contributed by atoms with Crippen molar-refractivity contribution in [2.45, 2.75) is 17.2 Å². The van der Waals surface area contributed by atoms with E-state index < -0.39 is 0 Å². The van der Waals surface area contributed by atoms with E-state index >= 15 is 0 Å². The summed E-state index contributed by atoms with van der Waals surface area (Å²) in [5, 5.41) is 0. The summed E-state index contributed by atoms with van der Waals surface area (Å²) < 4.78 is 0. The largest absolute Gasteiger partial charge is 0.326 e. The summed E-state index contributed by atoms with van der Waals surface area (Å²) in [6, 6.07) is 18.8. The van der Waals surface area contributed by atoms with Crippen LogP contribution < -0.4 is 5.73 Å². The van der Waals surface area contributed by atoms with Gasteiger partial charge in [-0.15, -0.1) is 11.8 Å². The lowest BCUT2D eigenvalue weighted by Gasteiger charge is -2.06. The summed E-state index contributed by atoms with van der Waals surface area (Å²) >= 11 is 1.85. The molecule has 0 amide bonds. The molecule has 0 bridgehead atoms. The Bertz CT molecular complexity index is 439. The highest BCUT2D eigenvalue weighted by atomic mass is 32.2. The second kappa shape index (κ2) is 5.73. The minimum absolute atomic E-state index is 0.617. The maximum absolute atomic E-state index is 5.71. The van der Waals surface area contributed by atoms with E-state index in [4.69, 9.17) is 5.73 Å². The highest BCUT2D eigenvalue weighted by molar-refractivity contribution is 7.98. The predicted octanol–water partition coefficient (Wildman–Crippen LogP) is 3.44. The number of nitrogens with two attached hydrogens (primary N) is 1. The van der Waals surface area contributed by atoms with E-state index in [1.165, 1.54) is 16.0 Å². The Labute approximate surface area is 101 Å². The van der Waals surface area contributed by atoms with Gasteiger partial charge in [0.05, 0.1) is 0 Å². The molecule has 2 heteroatoms. The van der Waals surface area contributed by atoms with Crippen LogP contribution in [0.3, 0.4) is 0 Å². The van der Waals surface area contributed by atoms with Gasteiger partial charge in [0, 0.05) is 17.2 Å². The van der Waals surface area contributed by atoms with Crippen molar-refractivity contribution in [1.29, 1.82) is 0 Å². The lowest BCUT2D eigenvalue weighted by Crippen LogP contribution is -2.00. The van der Waals surface area contributed by atoms with Crippen molar-refractivity contribution >= 4 is 11.8 Å². The number of benzene rings is 2. The van der Waals surface area contributed by atoms with Crippen LogP contribution >= 0.6 is 11.8 Å². The molecule has 0 saturated heterocycles. The van der Waals surface area contributed by atoms with Gasteiger partial charge >= 0.3 is 0 Å². The maximum Gasteiger partial charge on any atom is 0.0235 e. The van der Waals surface area contributed by atoms with E-state index in [-0.39, 0.29) is 0 Å². The third kappa shape index (κ3) is 2.87. The SMILES string of the molecule is NCc1ccccc1CSc1ccccc1. The van der Waals surface area contributed by atoms with Crippen LogP contribution in [0.2, 0.25) is 0 Å². The molecule has 0 aliphatic carbocycles. The summed E-state index contributed by atoms with van der Waals surface area (Å²) in [5.74, 6) is 0.984. The van der Waals surface area contributed by atoms with Crippen LogP contribution in [0.4, 0.5) is 0 Å². The fourth-order valence-electron chi connectivity index (χ4n) is 1.58. The summed E-state index contributed by atoms with van der Waals surface area (Å²) in [5.41, 5.74) is 8.28. The number of thioether (sulfide) groups is 1. The number of hydrogen-bond donors (Lipinski definition) is 1. The second-order valence-corrected chi connectivity index (χ2v) is 4.62. The van der Waals surface area contributed by atoms with Gasteiger partial charge in [0.15, 0.2) is 0 Å². The molecule has 2 aromatic rings. The first-order chi connectivity index (χ1) is 7.90. The van der Waals surface area contributed by atoms with Crippen molar-refractivity contribution in [3.63, 3.8) is 0 Å². The topological polar surface area (TPSA) is 26.0 Å². The smallest absolute Gasteiger partial charge is 0.0235 e. The number of rotatable bonds is 4. The Morgan fingerprint density at radius 3 is 2.12 bits per heavy atom. The van der Waals surface area contributed by atoms with E-state index in [1.807, 2.05) is 23.9 Å². The Morgan fingerprint density at radius 1 is 0.812 bits per heavy atom. The number of hydrogen-bond acceptors (Lipinski definition) is 2. The minimum Gasteiger partial charge on any atom is -0.326 e. The molecule has 0 aromatic heterocycles. The third-order valence-corrected chi connectivity index (χ3v) is 3.54. The first kappa shape index (κ1) is 11.2. The molecule has 0 unspecified atom stereocenters. The van der Waals surface area contributed by atoms with Crippen LogP contribution in [0.5, 0.6) is 0 Å². The highest BCUT2D eigenvalue weighted by Gasteiger charge is 2.00. The molecule has 2 N–H and O–H groups in total. The molecule has 0 saturated carbocycles. The van der Waals surface area contributed by atoms with Gasteiger partial charge in [0.2, 0.25) is 0 Å². The Hall–Kier alpha value is -1.25. The molecule has 0 aliphatic rings. The van der Waals surface area contributed by atoms with E-state index in [9.17, 15) is 0 Å². The first-order valence-corrected chi connectivity index (χ1v) is 6.33. The molecular formula is C14H15NS. The lowest BCUT2D eigenvalue weighted by atomic mass is 10.1. The van der Waals surface area contributed by atoms with E-state index in [1.54, 1.807) is 0 Å². The first-order valence-electron chi connectivity index (χ1n) is 5.35. The molecule has 0 atom stereocenters. The maximum atomic E-state index is 5.71. The molecule has 0 aliphatic heterocycles. The average Bonchev–Trinajstić information content (AvgIpc) is 2.38. The molecule has 2 aromatic carbocycles. The van der Waals surface area contributed by atoms with Crippen molar-refractivity contribution in [3.8, 4) is 0 Å². The van der Waals surface area contributed by atoms with Gasteiger partial charge in [0.25, 0.3) is 0 Å². The molecule has 2 rings (SSSR count). The molecule has 0 spiro atoms. The average molecular weight is 229 g/mol. The quantitative estimate of drug-likeness (QED) is 0.813. The zero-order chi connectivity index (χ0) is 11.2. The van der Waals surface area contributed by atoms with Crippen molar-refractivity contribution in [1.82, 2.24) is 0 Å².